The number of aliphatic hydroxyl groups excluding tert-OH is 2. The molecule has 4 aliphatic rings. The summed E-state index contributed by atoms with van der Waals surface area (Å²) in [5.41, 5.74) is 1.01. The molecule has 0 aromatic heterocycles. The Morgan fingerprint density at radius 1 is 0.867 bits per heavy atom. The molecule has 0 saturated heterocycles. The maximum atomic E-state index is 10.6. The van der Waals surface area contributed by atoms with Crippen LogP contribution in [-0.4, -0.2) is 22.4 Å². The highest BCUT2D eigenvalue weighted by molar-refractivity contribution is 5.09. The molecular formula is C28H50O2. The van der Waals surface area contributed by atoms with Crippen molar-refractivity contribution in [2.24, 2.45) is 51.8 Å². The highest BCUT2D eigenvalue weighted by atomic mass is 16.3. The third-order valence-electron chi connectivity index (χ3n) is 11.3. The standard InChI is InChI=1S/C28H50O2/c1-18(7-12-25(30)26(2,3)4)22-10-11-23-21-9-8-19-17-20(29)13-15-27(19,5)24(21)14-16-28(22,23)6/h18-25,29-30H,7-17H2,1-6H3/t18-,19+,20+,21+,22-,23+,24+,25?,27+,28-/m1/s1. The predicted octanol–water partition coefficient (Wildman–Crippen LogP) is 6.83. The van der Waals surface area contributed by atoms with Crippen LogP contribution >= 0.6 is 0 Å². The van der Waals surface area contributed by atoms with Crippen LogP contribution in [0.5, 0.6) is 0 Å². The highest BCUT2D eigenvalue weighted by Gasteiger charge is 2.60. The second kappa shape index (κ2) is 8.05. The Morgan fingerprint density at radius 2 is 1.53 bits per heavy atom. The molecular weight excluding hydrogens is 368 g/mol. The smallest absolute Gasteiger partial charge is 0.0588 e. The third kappa shape index (κ3) is 3.81. The molecule has 0 aliphatic heterocycles. The van der Waals surface area contributed by atoms with Gasteiger partial charge in [-0.3, -0.25) is 0 Å². The van der Waals surface area contributed by atoms with Crippen LogP contribution < -0.4 is 0 Å². The van der Waals surface area contributed by atoms with Gasteiger partial charge in [-0.2, -0.15) is 0 Å². The third-order valence-corrected chi connectivity index (χ3v) is 11.3. The molecule has 10 atom stereocenters. The Hall–Kier alpha value is -0.0800. The Morgan fingerprint density at radius 3 is 2.23 bits per heavy atom. The van der Waals surface area contributed by atoms with Crippen molar-refractivity contribution in [3.63, 3.8) is 0 Å². The molecule has 174 valence electrons. The lowest BCUT2D eigenvalue weighted by Gasteiger charge is -2.61. The van der Waals surface area contributed by atoms with Crippen molar-refractivity contribution in [3.05, 3.63) is 0 Å². The van der Waals surface area contributed by atoms with Gasteiger partial charge in [0.2, 0.25) is 0 Å². The Labute approximate surface area is 186 Å². The van der Waals surface area contributed by atoms with Crippen LogP contribution in [0, 0.1) is 51.8 Å². The summed E-state index contributed by atoms with van der Waals surface area (Å²) < 4.78 is 0. The zero-order valence-electron chi connectivity index (χ0n) is 20.8. The molecule has 0 heterocycles. The highest BCUT2D eigenvalue weighted by Crippen LogP contribution is 2.68. The van der Waals surface area contributed by atoms with Crippen LogP contribution in [0.2, 0.25) is 0 Å². The Bertz CT molecular complexity index is 608. The molecule has 0 aromatic carbocycles. The molecule has 0 aromatic rings. The van der Waals surface area contributed by atoms with E-state index in [2.05, 4.69) is 41.5 Å². The van der Waals surface area contributed by atoms with Gasteiger partial charge in [0.1, 0.15) is 0 Å². The summed E-state index contributed by atoms with van der Waals surface area (Å²) >= 11 is 0. The van der Waals surface area contributed by atoms with Crippen LogP contribution in [0.4, 0.5) is 0 Å². The summed E-state index contributed by atoms with van der Waals surface area (Å²) in [5.74, 6) is 5.08. The van der Waals surface area contributed by atoms with Gasteiger partial charge < -0.3 is 10.2 Å². The molecule has 0 amide bonds. The molecule has 1 unspecified atom stereocenters. The number of hydrogen-bond acceptors (Lipinski definition) is 2. The zero-order valence-corrected chi connectivity index (χ0v) is 20.8. The van der Waals surface area contributed by atoms with E-state index in [-0.39, 0.29) is 17.6 Å². The van der Waals surface area contributed by atoms with Gasteiger partial charge in [-0.05, 0) is 122 Å². The number of fused-ring (bicyclic) bond motifs is 5. The Balaban J connectivity index is 1.45. The van der Waals surface area contributed by atoms with Gasteiger partial charge in [0.05, 0.1) is 12.2 Å². The molecule has 4 rings (SSSR count). The topological polar surface area (TPSA) is 40.5 Å². The number of aliphatic hydroxyl groups is 2. The van der Waals surface area contributed by atoms with Gasteiger partial charge >= 0.3 is 0 Å². The first kappa shape index (κ1) is 23.1. The molecule has 4 aliphatic carbocycles. The summed E-state index contributed by atoms with van der Waals surface area (Å²) in [6, 6.07) is 0. The SMILES string of the molecule is C[C@H](CCC(O)C(C)(C)C)[C@H]1CC[C@H]2[C@@H]3CC[C@H]4C[C@@H](O)CC[C@]4(C)[C@H]3CC[C@]12C. The number of hydrogen-bond donors (Lipinski definition) is 2. The largest absolute Gasteiger partial charge is 0.393 e. The van der Waals surface area contributed by atoms with Crippen LogP contribution in [0.25, 0.3) is 0 Å². The maximum Gasteiger partial charge on any atom is 0.0588 e. The summed E-state index contributed by atoms with van der Waals surface area (Å²) in [7, 11) is 0. The molecule has 4 fully saturated rings. The quantitative estimate of drug-likeness (QED) is 0.525. The van der Waals surface area contributed by atoms with Gasteiger partial charge in [0, 0.05) is 0 Å². The van der Waals surface area contributed by atoms with Crippen molar-refractivity contribution in [1.29, 1.82) is 0 Å². The van der Waals surface area contributed by atoms with Crippen molar-refractivity contribution in [1.82, 2.24) is 0 Å². The fourth-order valence-electron chi connectivity index (χ4n) is 9.27. The van der Waals surface area contributed by atoms with Crippen molar-refractivity contribution < 1.29 is 10.2 Å². The van der Waals surface area contributed by atoms with E-state index < -0.39 is 0 Å². The van der Waals surface area contributed by atoms with E-state index in [4.69, 9.17) is 0 Å². The van der Waals surface area contributed by atoms with Crippen LogP contribution in [0.15, 0.2) is 0 Å². The summed E-state index contributed by atoms with van der Waals surface area (Å²) in [4.78, 5) is 0. The molecule has 4 saturated carbocycles. The average Bonchev–Trinajstić information content (AvgIpc) is 3.03. The maximum absolute atomic E-state index is 10.6. The van der Waals surface area contributed by atoms with Gasteiger partial charge in [0.25, 0.3) is 0 Å². The van der Waals surface area contributed by atoms with Gasteiger partial charge in [0.15, 0.2) is 0 Å². The zero-order chi connectivity index (χ0) is 21.9. The van der Waals surface area contributed by atoms with Gasteiger partial charge in [-0.25, -0.2) is 0 Å². The van der Waals surface area contributed by atoms with Crippen molar-refractivity contribution >= 4 is 0 Å². The van der Waals surface area contributed by atoms with E-state index in [9.17, 15) is 10.2 Å². The molecule has 0 radical (unpaired) electrons. The second-order valence-electron chi connectivity index (χ2n) is 13.7. The minimum atomic E-state index is -0.183. The molecule has 30 heavy (non-hydrogen) atoms. The van der Waals surface area contributed by atoms with Gasteiger partial charge in [-0.1, -0.05) is 41.5 Å². The van der Waals surface area contributed by atoms with E-state index in [0.717, 1.165) is 54.8 Å². The lowest BCUT2D eigenvalue weighted by atomic mass is 9.44. The average molecular weight is 419 g/mol. The van der Waals surface area contributed by atoms with E-state index >= 15 is 0 Å². The summed E-state index contributed by atoms with van der Waals surface area (Å²) in [6.45, 7) is 14.2. The first-order valence-corrected chi connectivity index (χ1v) is 13.3. The minimum Gasteiger partial charge on any atom is -0.393 e. The molecule has 2 heteroatoms. The van der Waals surface area contributed by atoms with Crippen LogP contribution in [-0.2, 0) is 0 Å². The van der Waals surface area contributed by atoms with E-state index in [1.165, 1.54) is 51.4 Å². The van der Waals surface area contributed by atoms with Crippen molar-refractivity contribution in [2.75, 3.05) is 0 Å². The molecule has 2 nitrogen and oxygen atoms in total. The van der Waals surface area contributed by atoms with E-state index in [1.807, 2.05) is 0 Å². The van der Waals surface area contributed by atoms with Crippen LogP contribution in [0.3, 0.4) is 0 Å². The normalized spacial score (nSPS) is 48.4. The first-order chi connectivity index (χ1) is 14.0. The van der Waals surface area contributed by atoms with E-state index in [0.29, 0.717) is 10.8 Å². The molecule has 2 N–H and O–H groups in total. The minimum absolute atomic E-state index is 0.00154. The Kier molecular flexibility index (Phi) is 6.20. The predicted molar refractivity (Wildman–Crippen MR) is 125 cm³/mol. The lowest BCUT2D eigenvalue weighted by Crippen LogP contribution is -2.54. The summed E-state index contributed by atoms with van der Waals surface area (Å²) in [6.07, 6.45) is 13.8. The van der Waals surface area contributed by atoms with Crippen molar-refractivity contribution in [2.45, 2.75) is 124 Å². The molecule has 0 bridgehead atoms. The lowest BCUT2D eigenvalue weighted by molar-refractivity contribution is -0.129. The van der Waals surface area contributed by atoms with Gasteiger partial charge in [-0.15, -0.1) is 0 Å². The fourth-order valence-corrected chi connectivity index (χ4v) is 9.27. The molecule has 0 spiro atoms. The number of rotatable bonds is 4. The monoisotopic (exact) mass is 418 g/mol. The van der Waals surface area contributed by atoms with Crippen LogP contribution in [0.1, 0.15) is 112 Å². The second-order valence-corrected chi connectivity index (χ2v) is 13.7. The fraction of sp³-hybridized carbons (Fsp3) is 1.00. The first-order valence-electron chi connectivity index (χ1n) is 13.3. The summed E-state index contributed by atoms with van der Waals surface area (Å²) in [5, 5.41) is 20.8. The van der Waals surface area contributed by atoms with Crippen molar-refractivity contribution in [3.8, 4) is 0 Å². The van der Waals surface area contributed by atoms with E-state index in [1.54, 1.807) is 0 Å².